The molecule has 120 valence electrons. The van der Waals surface area contributed by atoms with Gasteiger partial charge in [-0.05, 0) is 30.9 Å². The molecule has 2 aliphatic rings. The second kappa shape index (κ2) is 5.69. The Morgan fingerprint density at radius 1 is 1.35 bits per heavy atom. The number of fused-ring (bicyclic) bond motifs is 2. The second-order valence-corrected chi connectivity index (χ2v) is 6.90. The van der Waals surface area contributed by atoms with Crippen LogP contribution in [-0.2, 0) is 11.2 Å². The molecular weight excluding hydrogens is 312 g/mol. The summed E-state index contributed by atoms with van der Waals surface area (Å²) in [5.41, 5.74) is 2.27. The van der Waals surface area contributed by atoms with Crippen molar-refractivity contribution in [3.63, 3.8) is 0 Å². The number of hydrogen-bond acceptors (Lipinski definition) is 2. The zero-order valence-corrected chi connectivity index (χ0v) is 13.5. The second-order valence-electron chi connectivity index (χ2n) is 6.42. The van der Waals surface area contributed by atoms with Crippen LogP contribution in [0.5, 0.6) is 0 Å². The number of rotatable bonds is 3. The summed E-state index contributed by atoms with van der Waals surface area (Å²) < 4.78 is 0. The third kappa shape index (κ3) is 2.46. The van der Waals surface area contributed by atoms with Gasteiger partial charge in [0.05, 0.1) is 5.92 Å². The van der Waals surface area contributed by atoms with E-state index < -0.39 is 6.23 Å². The first kappa shape index (κ1) is 14.8. The van der Waals surface area contributed by atoms with Gasteiger partial charge in [0.1, 0.15) is 6.23 Å². The Bertz CT molecular complexity index is 782. The van der Waals surface area contributed by atoms with E-state index in [1.165, 1.54) is 10.9 Å². The average molecular weight is 331 g/mol. The van der Waals surface area contributed by atoms with Crippen molar-refractivity contribution in [2.45, 2.75) is 25.5 Å². The minimum absolute atomic E-state index is 0.0204. The molecule has 2 aromatic rings. The van der Waals surface area contributed by atoms with Crippen LogP contribution in [0.15, 0.2) is 41.6 Å². The van der Waals surface area contributed by atoms with Gasteiger partial charge in [0, 0.05) is 34.6 Å². The van der Waals surface area contributed by atoms with E-state index in [2.05, 4.69) is 11.1 Å². The number of para-hydroxylation sites is 1. The van der Waals surface area contributed by atoms with Gasteiger partial charge in [-0.1, -0.05) is 35.9 Å². The number of aromatic amines is 1. The maximum Gasteiger partial charge on any atom is 0.228 e. The van der Waals surface area contributed by atoms with Crippen LogP contribution in [0.4, 0.5) is 0 Å². The fourth-order valence-electron chi connectivity index (χ4n) is 3.87. The van der Waals surface area contributed by atoms with E-state index in [1.807, 2.05) is 30.5 Å². The Labute approximate surface area is 139 Å². The van der Waals surface area contributed by atoms with Crippen LogP contribution < -0.4 is 0 Å². The molecule has 0 saturated carbocycles. The number of halogens is 1. The van der Waals surface area contributed by atoms with Crippen molar-refractivity contribution in [2.75, 3.05) is 6.54 Å². The molecule has 2 N–H and O–H groups in total. The summed E-state index contributed by atoms with van der Waals surface area (Å²) in [4.78, 5) is 17.5. The highest BCUT2D eigenvalue weighted by Gasteiger charge is 2.47. The fraction of sp³-hybridized carbons (Fsp3) is 0.389. The monoisotopic (exact) mass is 330 g/mol. The predicted octanol–water partition coefficient (Wildman–Crippen LogP) is 3.02. The van der Waals surface area contributed by atoms with Gasteiger partial charge in [-0.15, -0.1) is 0 Å². The number of allylic oxidation sites excluding steroid dienone is 2. The SMILES string of the molecule is O=C1[C@H]2CC(Cl)=CC[C@H]2[C@H](O)N1CCc1c[nH]c2ccccc12. The smallest absolute Gasteiger partial charge is 0.228 e. The van der Waals surface area contributed by atoms with Crippen LogP contribution in [0.25, 0.3) is 10.9 Å². The summed E-state index contributed by atoms with van der Waals surface area (Å²) in [5, 5.41) is 12.4. The van der Waals surface area contributed by atoms with E-state index in [0.29, 0.717) is 19.4 Å². The minimum Gasteiger partial charge on any atom is -0.373 e. The van der Waals surface area contributed by atoms with Crippen molar-refractivity contribution in [3.05, 3.63) is 47.1 Å². The number of aliphatic hydroxyl groups excluding tert-OH is 1. The number of aromatic nitrogens is 1. The molecule has 1 aromatic heterocycles. The Kier molecular flexibility index (Phi) is 3.66. The molecular formula is C18H19ClN2O2. The lowest BCUT2D eigenvalue weighted by Crippen LogP contribution is -2.36. The highest BCUT2D eigenvalue weighted by molar-refractivity contribution is 6.29. The van der Waals surface area contributed by atoms with Crippen molar-refractivity contribution < 1.29 is 9.90 Å². The lowest BCUT2D eigenvalue weighted by molar-refractivity contribution is -0.135. The molecule has 4 rings (SSSR count). The van der Waals surface area contributed by atoms with E-state index in [9.17, 15) is 9.90 Å². The highest BCUT2D eigenvalue weighted by atomic mass is 35.5. The maximum absolute atomic E-state index is 12.6. The van der Waals surface area contributed by atoms with Gasteiger partial charge in [-0.3, -0.25) is 4.79 Å². The van der Waals surface area contributed by atoms with Gasteiger partial charge < -0.3 is 15.0 Å². The number of nitrogens with one attached hydrogen (secondary N) is 1. The average Bonchev–Trinajstić information content (AvgIpc) is 3.06. The molecule has 0 spiro atoms. The predicted molar refractivity (Wildman–Crippen MR) is 89.9 cm³/mol. The first-order valence-electron chi connectivity index (χ1n) is 8.03. The van der Waals surface area contributed by atoms with Crippen LogP contribution in [0, 0.1) is 11.8 Å². The third-order valence-corrected chi connectivity index (χ3v) is 5.45. The molecule has 1 aliphatic carbocycles. The maximum atomic E-state index is 12.6. The molecule has 1 aromatic carbocycles. The number of nitrogens with zero attached hydrogens (tertiary/aromatic N) is 1. The molecule has 1 fully saturated rings. The molecule has 2 heterocycles. The first-order valence-corrected chi connectivity index (χ1v) is 8.41. The largest absolute Gasteiger partial charge is 0.373 e. The Balaban J connectivity index is 1.50. The van der Waals surface area contributed by atoms with Gasteiger partial charge >= 0.3 is 0 Å². The number of carbonyl (C=O) groups is 1. The van der Waals surface area contributed by atoms with Gasteiger partial charge in [0.25, 0.3) is 0 Å². The summed E-state index contributed by atoms with van der Waals surface area (Å²) in [6, 6.07) is 8.12. The third-order valence-electron chi connectivity index (χ3n) is 5.14. The summed E-state index contributed by atoms with van der Waals surface area (Å²) in [6.07, 6.45) is 5.20. The van der Waals surface area contributed by atoms with Crippen molar-refractivity contribution in [2.24, 2.45) is 11.8 Å². The van der Waals surface area contributed by atoms with E-state index >= 15 is 0 Å². The summed E-state index contributed by atoms with van der Waals surface area (Å²) >= 11 is 6.07. The zero-order valence-electron chi connectivity index (χ0n) is 12.7. The Morgan fingerprint density at radius 3 is 3.04 bits per heavy atom. The number of benzene rings is 1. The van der Waals surface area contributed by atoms with Crippen molar-refractivity contribution in [1.29, 1.82) is 0 Å². The molecule has 0 bridgehead atoms. The normalized spacial score (nSPS) is 27.4. The summed E-state index contributed by atoms with van der Waals surface area (Å²) in [7, 11) is 0. The summed E-state index contributed by atoms with van der Waals surface area (Å²) in [6.45, 7) is 0.534. The summed E-state index contributed by atoms with van der Waals surface area (Å²) in [5.74, 6) is -0.146. The number of amides is 1. The van der Waals surface area contributed by atoms with Crippen molar-refractivity contribution in [1.82, 2.24) is 9.88 Å². The molecule has 3 atom stereocenters. The van der Waals surface area contributed by atoms with Crippen LogP contribution in [0.1, 0.15) is 18.4 Å². The zero-order chi connectivity index (χ0) is 16.0. The van der Waals surface area contributed by atoms with Crippen LogP contribution >= 0.6 is 11.6 Å². The Hall–Kier alpha value is -1.78. The van der Waals surface area contributed by atoms with Gasteiger partial charge in [-0.25, -0.2) is 0 Å². The molecule has 4 nitrogen and oxygen atoms in total. The number of H-pyrrole nitrogens is 1. The number of likely N-dealkylation sites (tertiary alicyclic amines) is 1. The van der Waals surface area contributed by atoms with Crippen LogP contribution in [0.2, 0.25) is 0 Å². The molecule has 0 radical (unpaired) electrons. The molecule has 0 unspecified atom stereocenters. The van der Waals surface area contributed by atoms with E-state index in [1.54, 1.807) is 4.90 Å². The van der Waals surface area contributed by atoms with E-state index in [-0.39, 0.29) is 17.7 Å². The topological polar surface area (TPSA) is 56.3 Å². The minimum atomic E-state index is -0.696. The van der Waals surface area contributed by atoms with Gasteiger partial charge in [-0.2, -0.15) is 0 Å². The molecule has 1 aliphatic heterocycles. The van der Waals surface area contributed by atoms with E-state index in [4.69, 9.17) is 11.6 Å². The van der Waals surface area contributed by atoms with Gasteiger partial charge in [0.15, 0.2) is 0 Å². The van der Waals surface area contributed by atoms with E-state index in [0.717, 1.165) is 17.0 Å². The van der Waals surface area contributed by atoms with Crippen LogP contribution in [-0.4, -0.2) is 33.7 Å². The standard InChI is InChI=1S/C18H19ClN2O2/c19-12-5-6-14-15(9-12)18(23)21(17(14)22)8-7-11-10-20-16-4-2-1-3-13(11)16/h1-5,10,14-15,17,20,22H,6-9H2/t14-,15+,17+/m1/s1. The number of hydrogen-bond donors (Lipinski definition) is 2. The number of carbonyl (C=O) groups excluding carboxylic acids is 1. The van der Waals surface area contributed by atoms with Gasteiger partial charge in [0.2, 0.25) is 5.91 Å². The van der Waals surface area contributed by atoms with Crippen molar-refractivity contribution >= 4 is 28.4 Å². The van der Waals surface area contributed by atoms with Crippen LogP contribution in [0.3, 0.4) is 0 Å². The lowest BCUT2D eigenvalue weighted by atomic mass is 9.84. The Morgan fingerprint density at radius 2 is 2.17 bits per heavy atom. The lowest BCUT2D eigenvalue weighted by Gasteiger charge is -2.24. The fourth-order valence-corrected chi connectivity index (χ4v) is 4.12. The number of aliphatic hydroxyl groups is 1. The highest BCUT2D eigenvalue weighted by Crippen LogP contribution is 2.41. The molecule has 1 amide bonds. The quantitative estimate of drug-likeness (QED) is 0.909. The molecule has 23 heavy (non-hydrogen) atoms. The van der Waals surface area contributed by atoms with Crippen molar-refractivity contribution in [3.8, 4) is 0 Å². The molecule has 5 heteroatoms. The first-order chi connectivity index (χ1) is 11.1. The molecule has 1 saturated heterocycles.